The second-order valence-corrected chi connectivity index (χ2v) is 6.95. The molecule has 0 saturated carbocycles. The Labute approximate surface area is 163 Å². The Balaban J connectivity index is 2.20. The zero-order chi connectivity index (χ0) is 19.9. The molecule has 27 heavy (non-hydrogen) atoms. The molecule has 0 aliphatic carbocycles. The molecule has 2 atom stereocenters. The van der Waals surface area contributed by atoms with Gasteiger partial charge in [-0.05, 0) is 31.9 Å². The minimum Gasteiger partial charge on any atom is -0.459 e. The molecule has 1 rings (SSSR count). The van der Waals surface area contributed by atoms with Gasteiger partial charge in [-0.1, -0.05) is 75.8 Å². The predicted octanol–water partition coefficient (Wildman–Crippen LogP) is 5.70. The van der Waals surface area contributed by atoms with E-state index in [1.165, 1.54) is 38.2 Å². The van der Waals surface area contributed by atoms with Crippen molar-refractivity contribution in [3.63, 3.8) is 0 Å². The van der Waals surface area contributed by atoms with E-state index in [0.29, 0.717) is 6.42 Å². The van der Waals surface area contributed by atoms with Gasteiger partial charge in [-0.3, -0.25) is 4.79 Å². The van der Waals surface area contributed by atoms with E-state index in [9.17, 15) is 9.59 Å². The van der Waals surface area contributed by atoms with Crippen molar-refractivity contribution < 1.29 is 19.1 Å². The second kappa shape index (κ2) is 14.0. The van der Waals surface area contributed by atoms with Crippen molar-refractivity contribution in [2.24, 2.45) is 0 Å². The number of carbonyl (C=O) groups is 2. The van der Waals surface area contributed by atoms with Crippen molar-refractivity contribution >= 4 is 18.0 Å². The maximum Gasteiger partial charge on any atom is 0.331 e. The molecule has 0 radical (unpaired) electrons. The van der Waals surface area contributed by atoms with Crippen LogP contribution in [0.4, 0.5) is 0 Å². The normalized spacial score (nSPS) is 13.3. The van der Waals surface area contributed by atoms with Gasteiger partial charge in [0, 0.05) is 12.5 Å². The van der Waals surface area contributed by atoms with Crippen molar-refractivity contribution in [2.45, 2.75) is 84.3 Å². The van der Waals surface area contributed by atoms with Crippen LogP contribution in [-0.4, -0.2) is 24.1 Å². The fourth-order valence-corrected chi connectivity index (χ4v) is 2.64. The van der Waals surface area contributed by atoms with Crippen LogP contribution in [0.15, 0.2) is 36.4 Å². The standard InChI is InChI=1S/C23H34O4/c1-4-5-6-7-8-9-13-16-22(24)26-19(2)20(3)27-23(25)18-17-21-14-11-10-12-15-21/h10-12,14-15,17-20H,4-9,13,16H2,1-3H3. The molecule has 0 fully saturated rings. The van der Waals surface area contributed by atoms with Crippen LogP contribution in [0.25, 0.3) is 6.08 Å². The van der Waals surface area contributed by atoms with Crippen LogP contribution in [-0.2, 0) is 19.1 Å². The van der Waals surface area contributed by atoms with Crippen molar-refractivity contribution in [2.75, 3.05) is 0 Å². The van der Waals surface area contributed by atoms with Crippen LogP contribution >= 0.6 is 0 Å². The summed E-state index contributed by atoms with van der Waals surface area (Å²) in [6, 6.07) is 9.53. The zero-order valence-corrected chi connectivity index (χ0v) is 17.0. The van der Waals surface area contributed by atoms with Gasteiger partial charge in [0.1, 0.15) is 12.2 Å². The van der Waals surface area contributed by atoms with Gasteiger partial charge in [-0.2, -0.15) is 0 Å². The van der Waals surface area contributed by atoms with Crippen LogP contribution in [0, 0.1) is 0 Å². The Morgan fingerprint density at radius 3 is 2.15 bits per heavy atom. The molecule has 2 unspecified atom stereocenters. The van der Waals surface area contributed by atoms with Crippen molar-refractivity contribution in [1.29, 1.82) is 0 Å². The summed E-state index contributed by atoms with van der Waals surface area (Å²) in [6.07, 6.45) is 10.7. The van der Waals surface area contributed by atoms with E-state index in [-0.39, 0.29) is 5.97 Å². The first-order valence-electron chi connectivity index (χ1n) is 10.2. The molecule has 1 aromatic rings. The minimum atomic E-state index is -0.490. The highest BCUT2D eigenvalue weighted by molar-refractivity contribution is 5.87. The molecule has 0 saturated heterocycles. The number of unbranched alkanes of at least 4 members (excludes halogenated alkanes) is 6. The van der Waals surface area contributed by atoms with E-state index in [1.807, 2.05) is 30.3 Å². The third-order valence-electron chi connectivity index (χ3n) is 4.48. The van der Waals surface area contributed by atoms with Gasteiger partial charge in [0.2, 0.25) is 0 Å². The lowest BCUT2D eigenvalue weighted by molar-refractivity contribution is -0.162. The molecule has 0 amide bonds. The molecule has 0 aliphatic rings. The monoisotopic (exact) mass is 374 g/mol. The summed E-state index contributed by atoms with van der Waals surface area (Å²) >= 11 is 0. The zero-order valence-electron chi connectivity index (χ0n) is 17.0. The van der Waals surface area contributed by atoms with Crippen LogP contribution in [0.3, 0.4) is 0 Å². The number of hydrogen-bond acceptors (Lipinski definition) is 4. The highest BCUT2D eigenvalue weighted by Crippen LogP contribution is 2.11. The minimum absolute atomic E-state index is 0.223. The van der Waals surface area contributed by atoms with Crippen LogP contribution in [0.5, 0.6) is 0 Å². The van der Waals surface area contributed by atoms with Crippen molar-refractivity contribution in [3.8, 4) is 0 Å². The highest BCUT2D eigenvalue weighted by atomic mass is 16.6. The SMILES string of the molecule is CCCCCCCCCC(=O)OC(C)C(C)OC(=O)C=Cc1ccccc1. The number of ether oxygens (including phenoxy) is 2. The fourth-order valence-electron chi connectivity index (χ4n) is 2.64. The Morgan fingerprint density at radius 2 is 1.48 bits per heavy atom. The average molecular weight is 375 g/mol. The molecule has 150 valence electrons. The maximum absolute atomic E-state index is 11.9. The summed E-state index contributed by atoms with van der Waals surface area (Å²) in [6.45, 7) is 5.69. The van der Waals surface area contributed by atoms with Crippen molar-refractivity contribution in [1.82, 2.24) is 0 Å². The summed E-state index contributed by atoms with van der Waals surface area (Å²) < 4.78 is 10.7. The first-order valence-corrected chi connectivity index (χ1v) is 10.2. The molecule has 0 N–H and O–H groups in total. The van der Waals surface area contributed by atoms with E-state index >= 15 is 0 Å². The highest BCUT2D eigenvalue weighted by Gasteiger charge is 2.19. The molecular weight excluding hydrogens is 340 g/mol. The second-order valence-electron chi connectivity index (χ2n) is 6.95. The van der Waals surface area contributed by atoms with Crippen LogP contribution in [0.1, 0.15) is 77.7 Å². The van der Waals surface area contributed by atoms with Gasteiger partial charge >= 0.3 is 11.9 Å². The number of hydrogen-bond donors (Lipinski definition) is 0. The topological polar surface area (TPSA) is 52.6 Å². The molecule has 0 bridgehead atoms. The maximum atomic E-state index is 11.9. The van der Waals surface area contributed by atoms with E-state index in [4.69, 9.17) is 9.47 Å². The van der Waals surface area contributed by atoms with E-state index in [1.54, 1.807) is 19.9 Å². The third-order valence-corrected chi connectivity index (χ3v) is 4.48. The molecule has 4 heteroatoms. The molecule has 0 aliphatic heterocycles. The summed E-state index contributed by atoms with van der Waals surface area (Å²) in [7, 11) is 0. The van der Waals surface area contributed by atoms with Gasteiger partial charge in [-0.15, -0.1) is 0 Å². The predicted molar refractivity (Wildman–Crippen MR) is 109 cm³/mol. The van der Waals surface area contributed by atoms with Gasteiger partial charge < -0.3 is 9.47 Å². The lowest BCUT2D eigenvalue weighted by Gasteiger charge is -2.20. The first kappa shape index (κ1) is 22.9. The van der Waals surface area contributed by atoms with E-state index in [2.05, 4.69) is 6.92 Å². The molecule has 0 aromatic heterocycles. The van der Waals surface area contributed by atoms with Crippen molar-refractivity contribution in [3.05, 3.63) is 42.0 Å². The first-order chi connectivity index (χ1) is 13.0. The van der Waals surface area contributed by atoms with Crippen LogP contribution in [0.2, 0.25) is 0 Å². The Hall–Kier alpha value is -2.10. The molecule has 0 spiro atoms. The molecule has 4 nitrogen and oxygen atoms in total. The average Bonchev–Trinajstić information content (AvgIpc) is 2.66. The lowest BCUT2D eigenvalue weighted by Crippen LogP contribution is -2.30. The number of esters is 2. The summed E-state index contributed by atoms with van der Waals surface area (Å²) in [5.41, 5.74) is 0.927. The van der Waals surface area contributed by atoms with Gasteiger partial charge in [0.15, 0.2) is 0 Å². The third kappa shape index (κ3) is 11.3. The Bertz CT molecular complexity index is 565. The molecular formula is C23H34O4. The largest absolute Gasteiger partial charge is 0.459 e. The number of benzene rings is 1. The lowest BCUT2D eigenvalue weighted by atomic mass is 10.1. The van der Waals surface area contributed by atoms with E-state index in [0.717, 1.165) is 18.4 Å². The molecule has 0 heterocycles. The summed E-state index contributed by atoms with van der Waals surface area (Å²) in [5, 5.41) is 0. The smallest absolute Gasteiger partial charge is 0.331 e. The van der Waals surface area contributed by atoms with Crippen LogP contribution < -0.4 is 0 Å². The van der Waals surface area contributed by atoms with Gasteiger partial charge in [0.05, 0.1) is 0 Å². The summed E-state index contributed by atoms with van der Waals surface area (Å²) in [5.74, 6) is -0.667. The van der Waals surface area contributed by atoms with E-state index < -0.39 is 18.2 Å². The summed E-state index contributed by atoms with van der Waals surface area (Å²) in [4.78, 5) is 23.8. The van der Waals surface area contributed by atoms with Gasteiger partial charge in [-0.25, -0.2) is 4.79 Å². The fraction of sp³-hybridized carbons (Fsp3) is 0.565. The Morgan fingerprint density at radius 1 is 0.889 bits per heavy atom. The number of carbonyl (C=O) groups excluding carboxylic acids is 2. The Kier molecular flexibility index (Phi) is 11.9. The number of rotatable bonds is 13. The molecule has 1 aromatic carbocycles. The quantitative estimate of drug-likeness (QED) is 0.252. The van der Waals surface area contributed by atoms with Gasteiger partial charge in [0.25, 0.3) is 0 Å².